The van der Waals surface area contributed by atoms with Gasteiger partial charge in [-0.2, -0.15) is 5.10 Å². The summed E-state index contributed by atoms with van der Waals surface area (Å²) < 4.78 is 8.99. The van der Waals surface area contributed by atoms with Crippen LogP contribution in [0.15, 0.2) is 43.0 Å². The van der Waals surface area contributed by atoms with E-state index in [-0.39, 0.29) is 18.5 Å². The van der Waals surface area contributed by atoms with Crippen LogP contribution in [-0.2, 0) is 11.3 Å². The Morgan fingerprint density at radius 2 is 2.17 bits per heavy atom. The Morgan fingerprint density at radius 3 is 2.97 bits per heavy atom. The van der Waals surface area contributed by atoms with Crippen LogP contribution < -0.4 is 0 Å². The van der Waals surface area contributed by atoms with E-state index in [0.29, 0.717) is 23.3 Å². The predicted octanol–water partition coefficient (Wildman–Crippen LogP) is 2.75. The largest absolute Gasteiger partial charge is 0.494 e. The lowest BCUT2D eigenvalue weighted by Gasteiger charge is -2.07. The minimum atomic E-state index is -0.0755. The molecule has 29 heavy (non-hydrogen) atoms. The molecule has 5 heterocycles. The summed E-state index contributed by atoms with van der Waals surface area (Å²) in [4.78, 5) is 8.89. The van der Waals surface area contributed by atoms with E-state index in [9.17, 15) is 10.2 Å². The molecule has 0 bridgehead atoms. The van der Waals surface area contributed by atoms with Crippen molar-refractivity contribution in [1.82, 2.24) is 24.3 Å². The summed E-state index contributed by atoms with van der Waals surface area (Å²) in [7, 11) is 0. The maximum absolute atomic E-state index is 10.8. The number of rotatable bonds is 4. The second kappa shape index (κ2) is 6.98. The molecule has 4 aromatic heterocycles. The molecule has 0 amide bonds. The third kappa shape index (κ3) is 3.06. The molecule has 2 N–H and O–H groups in total. The first-order valence-electron chi connectivity index (χ1n) is 9.54. The topological polar surface area (TPSA) is 98.2 Å². The third-order valence-corrected chi connectivity index (χ3v) is 5.34. The molecule has 0 aromatic carbocycles. The van der Waals surface area contributed by atoms with Gasteiger partial charge in [0, 0.05) is 43.0 Å². The zero-order chi connectivity index (χ0) is 20.0. The zero-order valence-corrected chi connectivity index (χ0v) is 16.0. The molecule has 1 saturated heterocycles. The van der Waals surface area contributed by atoms with E-state index in [2.05, 4.69) is 10.1 Å². The Morgan fingerprint density at radius 1 is 1.28 bits per heavy atom. The van der Waals surface area contributed by atoms with E-state index in [1.165, 1.54) is 0 Å². The number of pyridine rings is 2. The summed E-state index contributed by atoms with van der Waals surface area (Å²) in [6.07, 6.45) is 7.99. The van der Waals surface area contributed by atoms with E-state index >= 15 is 0 Å². The van der Waals surface area contributed by atoms with Crippen LogP contribution in [-0.4, -0.2) is 47.7 Å². The van der Waals surface area contributed by atoms with Crippen LogP contribution in [0.4, 0.5) is 0 Å². The number of hydrogen-bond donors (Lipinski definition) is 2. The number of aliphatic hydroxyl groups is 1. The highest BCUT2D eigenvalue weighted by Crippen LogP contribution is 2.34. The molecular formula is C21H21N5O3. The summed E-state index contributed by atoms with van der Waals surface area (Å²) in [5.74, 6) is 0.754. The molecule has 148 valence electrons. The lowest BCUT2D eigenvalue weighted by Crippen LogP contribution is -2.09. The first-order chi connectivity index (χ1) is 14.1. The summed E-state index contributed by atoms with van der Waals surface area (Å²) >= 11 is 0. The molecule has 4 aromatic rings. The number of ether oxygens (including phenoxy) is 1. The van der Waals surface area contributed by atoms with Crippen LogP contribution in [0.3, 0.4) is 0 Å². The quantitative estimate of drug-likeness (QED) is 0.555. The fourth-order valence-electron chi connectivity index (χ4n) is 3.81. The Hall–Kier alpha value is -3.23. The molecular weight excluding hydrogens is 370 g/mol. The molecule has 1 unspecified atom stereocenters. The van der Waals surface area contributed by atoms with Crippen molar-refractivity contribution >= 4 is 10.9 Å². The van der Waals surface area contributed by atoms with Crippen molar-refractivity contribution in [2.75, 3.05) is 13.2 Å². The summed E-state index contributed by atoms with van der Waals surface area (Å²) in [6, 6.07) is 5.89. The van der Waals surface area contributed by atoms with Gasteiger partial charge in [0.05, 0.1) is 35.9 Å². The number of aromatic hydroxyl groups is 1. The maximum atomic E-state index is 10.8. The van der Waals surface area contributed by atoms with E-state index in [0.717, 1.165) is 35.4 Å². The summed E-state index contributed by atoms with van der Waals surface area (Å²) in [6.45, 7) is 3.27. The molecule has 0 radical (unpaired) electrons. The monoisotopic (exact) mass is 391 g/mol. The van der Waals surface area contributed by atoms with E-state index in [1.54, 1.807) is 23.2 Å². The van der Waals surface area contributed by atoms with Crippen LogP contribution in [0, 0.1) is 6.92 Å². The third-order valence-electron chi connectivity index (χ3n) is 5.34. The number of aryl methyl sites for hydroxylation is 1. The van der Waals surface area contributed by atoms with Crippen LogP contribution in [0.5, 0.6) is 5.88 Å². The van der Waals surface area contributed by atoms with Crippen molar-refractivity contribution in [3.63, 3.8) is 0 Å². The average Bonchev–Trinajstić information content (AvgIpc) is 3.47. The molecule has 0 aliphatic carbocycles. The number of hydrogen-bond acceptors (Lipinski definition) is 6. The van der Waals surface area contributed by atoms with E-state index < -0.39 is 0 Å². The second-order valence-electron chi connectivity index (χ2n) is 7.32. The summed E-state index contributed by atoms with van der Waals surface area (Å²) in [5, 5.41) is 25.5. The molecule has 1 atom stereocenters. The van der Waals surface area contributed by atoms with Crippen molar-refractivity contribution in [3.8, 4) is 23.0 Å². The minimum Gasteiger partial charge on any atom is -0.494 e. The van der Waals surface area contributed by atoms with Crippen molar-refractivity contribution in [1.29, 1.82) is 0 Å². The average molecular weight is 391 g/mol. The first kappa shape index (κ1) is 17.8. The fourth-order valence-corrected chi connectivity index (χ4v) is 3.81. The highest BCUT2D eigenvalue weighted by Gasteiger charge is 2.20. The maximum Gasteiger partial charge on any atom is 0.206 e. The number of fused-ring (bicyclic) bond motifs is 1. The van der Waals surface area contributed by atoms with Gasteiger partial charge in [-0.05, 0) is 36.6 Å². The number of aliphatic hydroxyl groups excluding tert-OH is 1. The summed E-state index contributed by atoms with van der Waals surface area (Å²) in [5.41, 5.74) is 3.86. The Labute approximate surface area is 167 Å². The fraction of sp³-hybridized carbons (Fsp3) is 0.286. The normalized spacial score (nSPS) is 16.7. The lowest BCUT2D eigenvalue weighted by molar-refractivity contribution is 0.184. The van der Waals surface area contributed by atoms with E-state index in [4.69, 9.17) is 9.72 Å². The van der Waals surface area contributed by atoms with Crippen LogP contribution in [0.1, 0.15) is 23.6 Å². The standard InChI is InChI=1S/C21H21N5O3/c1-13-6-17(15-7-14(11-27)8-22-9-15)23-18-10-25(21(28)20(13)18)19-2-4-26(24-19)16-3-5-29-12-16/h2,4,6-10,16,27-28H,3,5,11-12H2,1H3. The van der Waals surface area contributed by atoms with Gasteiger partial charge < -0.3 is 14.9 Å². The second-order valence-corrected chi connectivity index (χ2v) is 7.32. The number of nitrogens with zero attached hydrogens (tertiary/aromatic N) is 5. The first-order valence-corrected chi connectivity index (χ1v) is 9.54. The van der Waals surface area contributed by atoms with Gasteiger partial charge in [-0.3, -0.25) is 14.2 Å². The lowest BCUT2D eigenvalue weighted by atomic mass is 10.1. The van der Waals surface area contributed by atoms with Gasteiger partial charge in [0.1, 0.15) is 0 Å². The van der Waals surface area contributed by atoms with Gasteiger partial charge in [0.2, 0.25) is 5.88 Å². The molecule has 1 aliphatic heterocycles. The Balaban J connectivity index is 1.58. The van der Waals surface area contributed by atoms with E-state index in [1.807, 2.05) is 36.0 Å². The molecule has 8 nitrogen and oxygen atoms in total. The van der Waals surface area contributed by atoms with Crippen molar-refractivity contribution in [3.05, 3.63) is 54.1 Å². The SMILES string of the molecule is Cc1cc(-c2cncc(CO)c2)nc2cn(-c3ccn(C4CCOC4)n3)c(O)c12. The van der Waals surface area contributed by atoms with Crippen molar-refractivity contribution in [2.45, 2.75) is 26.0 Å². The highest BCUT2D eigenvalue weighted by molar-refractivity contribution is 5.90. The van der Waals surface area contributed by atoms with Gasteiger partial charge in [-0.15, -0.1) is 0 Å². The van der Waals surface area contributed by atoms with Gasteiger partial charge in [0.25, 0.3) is 0 Å². The van der Waals surface area contributed by atoms with Crippen molar-refractivity contribution < 1.29 is 14.9 Å². The molecule has 5 rings (SSSR count). The molecule has 1 aliphatic rings. The predicted molar refractivity (Wildman–Crippen MR) is 107 cm³/mol. The molecule has 1 fully saturated rings. The molecule has 0 spiro atoms. The van der Waals surface area contributed by atoms with Crippen molar-refractivity contribution in [2.24, 2.45) is 0 Å². The van der Waals surface area contributed by atoms with Gasteiger partial charge in [0.15, 0.2) is 5.82 Å². The minimum absolute atomic E-state index is 0.0755. The van der Waals surface area contributed by atoms with Gasteiger partial charge >= 0.3 is 0 Å². The van der Waals surface area contributed by atoms with Gasteiger partial charge in [-0.1, -0.05) is 0 Å². The number of aromatic nitrogens is 5. The van der Waals surface area contributed by atoms with Crippen LogP contribution in [0.2, 0.25) is 0 Å². The molecule has 8 heteroatoms. The highest BCUT2D eigenvalue weighted by atomic mass is 16.5. The Kier molecular flexibility index (Phi) is 4.30. The Bertz CT molecular complexity index is 1190. The van der Waals surface area contributed by atoms with Gasteiger partial charge in [-0.25, -0.2) is 4.98 Å². The van der Waals surface area contributed by atoms with Crippen LogP contribution >= 0.6 is 0 Å². The van der Waals surface area contributed by atoms with Crippen LogP contribution in [0.25, 0.3) is 28.0 Å². The molecule has 0 saturated carbocycles. The zero-order valence-electron chi connectivity index (χ0n) is 16.0. The smallest absolute Gasteiger partial charge is 0.206 e.